The molecule has 3 nitrogen and oxygen atoms in total. The highest BCUT2D eigenvalue weighted by Gasteiger charge is 2.24. The molecule has 4 heteroatoms. The second-order valence-electron chi connectivity index (χ2n) is 3.61. The zero-order valence-corrected chi connectivity index (χ0v) is 9.38. The Labute approximate surface area is 94.3 Å². The molecular weight excluding hydrogens is 214 g/mol. The van der Waals surface area contributed by atoms with Gasteiger partial charge in [-0.05, 0) is 30.5 Å². The van der Waals surface area contributed by atoms with E-state index >= 15 is 0 Å². The van der Waals surface area contributed by atoms with Crippen LogP contribution in [0.3, 0.4) is 0 Å². The molecule has 0 aromatic heterocycles. The van der Waals surface area contributed by atoms with Gasteiger partial charge in [0.2, 0.25) is 0 Å². The number of benzene rings is 1. The molecule has 1 aliphatic carbocycles. The Balaban J connectivity index is 2.00. The molecule has 0 amide bonds. The molecule has 1 fully saturated rings. The Hall–Kier alpha value is -0.770. The summed E-state index contributed by atoms with van der Waals surface area (Å²) in [6.07, 6.45) is 2.66. The van der Waals surface area contributed by atoms with Crippen molar-refractivity contribution in [3.8, 4) is 5.75 Å². The Morgan fingerprint density at radius 1 is 1.47 bits per heavy atom. The van der Waals surface area contributed by atoms with E-state index in [0.29, 0.717) is 17.7 Å². The quantitative estimate of drug-likeness (QED) is 0.785. The summed E-state index contributed by atoms with van der Waals surface area (Å²) in [7, 11) is 1.59. The maximum Gasteiger partial charge on any atom is 0.138 e. The van der Waals surface area contributed by atoms with E-state index in [1.54, 1.807) is 7.11 Å². The first-order chi connectivity index (χ1) is 7.29. The van der Waals surface area contributed by atoms with E-state index in [0.717, 1.165) is 24.2 Å². The maximum absolute atomic E-state index is 6.09. The van der Waals surface area contributed by atoms with Crippen LogP contribution in [0.1, 0.15) is 18.4 Å². The van der Waals surface area contributed by atoms with Gasteiger partial charge in [0.05, 0.1) is 18.2 Å². The van der Waals surface area contributed by atoms with E-state index in [1.807, 2.05) is 18.2 Å². The van der Waals surface area contributed by atoms with Gasteiger partial charge in [-0.25, -0.2) is 0 Å². The van der Waals surface area contributed by atoms with Crippen LogP contribution >= 0.6 is 11.6 Å². The van der Waals surface area contributed by atoms with Gasteiger partial charge >= 0.3 is 0 Å². The van der Waals surface area contributed by atoms with E-state index in [4.69, 9.17) is 21.2 Å². The standard InChI is InChI=1S/C11H14ClNO2/c1-14-13-7-8-2-5-11(10(12)6-8)15-9-3-4-9/h2,5-6,9,13H,3-4,7H2,1H3. The molecule has 0 bridgehead atoms. The fourth-order valence-corrected chi connectivity index (χ4v) is 1.52. The van der Waals surface area contributed by atoms with Gasteiger partial charge in [-0.1, -0.05) is 17.7 Å². The minimum atomic E-state index is 0.380. The molecule has 0 radical (unpaired) electrons. The zero-order chi connectivity index (χ0) is 10.7. The van der Waals surface area contributed by atoms with Crippen molar-refractivity contribution < 1.29 is 9.57 Å². The highest BCUT2D eigenvalue weighted by molar-refractivity contribution is 6.32. The van der Waals surface area contributed by atoms with Gasteiger partial charge in [-0.3, -0.25) is 0 Å². The summed E-state index contributed by atoms with van der Waals surface area (Å²) in [5.41, 5.74) is 3.84. The van der Waals surface area contributed by atoms with Crippen molar-refractivity contribution >= 4 is 11.6 Å². The van der Waals surface area contributed by atoms with Crippen LogP contribution < -0.4 is 10.2 Å². The summed E-state index contributed by atoms with van der Waals surface area (Å²) in [5.74, 6) is 0.778. The van der Waals surface area contributed by atoms with Crippen LogP contribution in [0.2, 0.25) is 5.02 Å². The predicted molar refractivity (Wildman–Crippen MR) is 59.0 cm³/mol. The number of rotatable bonds is 5. The van der Waals surface area contributed by atoms with Gasteiger partial charge in [-0.2, -0.15) is 5.48 Å². The Kier molecular flexibility index (Phi) is 3.46. The van der Waals surface area contributed by atoms with Crippen LogP contribution in [0.5, 0.6) is 5.75 Å². The molecule has 0 heterocycles. The average molecular weight is 228 g/mol. The third kappa shape index (κ3) is 3.09. The van der Waals surface area contributed by atoms with E-state index < -0.39 is 0 Å². The van der Waals surface area contributed by atoms with Crippen molar-refractivity contribution in [2.45, 2.75) is 25.5 Å². The first-order valence-electron chi connectivity index (χ1n) is 5.00. The lowest BCUT2D eigenvalue weighted by Crippen LogP contribution is -2.10. The molecule has 15 heavy (non-hydrogen) atoms. The van der Waals surface area contributed by atoms with Gasteiger partial charge in [0, 0.05) is 6.54 Å². The van der Waals surface area contributed by atoms with Gasteiger partial charge in [0.15, 0.2) is 0 Å². The summed E-state index contributed by atoms with van der Waals surface area (Å²) in [6.45, 7) is 0.639. The molecule has 1 aliphatic rings. The molecule has 1 aromatic carbocycles. The molecular formula is C11H14ClNO2. The number of halogens is 1. The lowest BCUT2D eigenvalue weighted by molar-refractivity contribution is 0.0867. The SMILES string of the molecule is CONCc1ccc(OC2CC2)c(Cl)c1. The number of nitrogens with one attached hydrogen (secondary N) is 1. The van der Waals surface area contributed by atoms with E-state index in [9.17, 15) is 0 Å². The topological polar surface area (TPSA) is 30.5 Å². The normalized spacial score (nSPS) is 15.3. The van der Waals surface area contributed by atoms with Crippen molar-refractivity contribution in [3.63, 3.8) is 0 Å². The van der Waals surface area contributed by atoms with Crippen molar-refractivity contribution in [2.24, 2.45) is 0 Å². The van der Waals surface area contributed by atoms with Crippen LogP contribution in [-0.4, -0.2) is 13.2 Å². The maximum atomic E-state index is 6.09. The van der Waals surface area contributed by atoms with Gasteiger partial charge in [-0.15, -0.1) is 0 Å². The molecule has 2 rings (SSSR count). The summed E-state index contributed by atoms with van der Waals surface area (Å²) < 4.78 is 5.63. The summed E-state index contributed by atoms with van der Waals surface area (Å²) in [6, 6.07) is 5.79. The predicted octanol–water partition coefficient (Wildman–Crippen LogP) is 2.53. The molecule has 82 valence electrons. The monoisotopic (exact) mass is 227 g/mol. The van der Waals surface area contributed by atoms with E-state index in [1.165, 1.54) is 0 Å². The van der Waals surface area contributed by atoms with Gasteiger partial charge in [0.25, 0.3) is 0 Å². The first-order valence-corrected chi connectivity index (χ1v) is 5.38. The number of hydrogen-bond donors (Lipinski definition) is 1. The van der Waals surface area contributed by atoms with Gasteiger partial charge < -0.3 is 9.57 Å². The van der Waals surface area contributed by atoms with Crippen molar-refractivity contribution in [1.29, 1.82) is 0 Å². The zero-order valence-electron chi connectivity index (χ0n) is 8.63. The minimum Gasteiger partial charge on any atom is -0.489 e. The first kappa shape index (κ1) is 10.7. The second-order valence-corrected chi connectivity index (χ2v) is 4.01. The number of hydrogen-bond acceptors (Lipinski definition) is 3. The summed E-state index contributed by atoms with van der Waals surface area (Å²) in [5, 5.41) is 0.664. The lowest BCUT2D eigenvalue weighted by Gasteiger charge is -2.08. The van der Waals surface area contributed by atoms with Crippen LogP contribution in [0.4, 0.5) is 0 Å². The van der Waals surface area contributed by atoms with Crippen LogP contribution in [0.25, 0.3) is 0 Å². The molecule has 0 unspecified atom stereocenters. The third-order valence-electron chi connectivity index (χ3n) is 2.23. The molecule has 0 saturated heterocycles. The van der Waals surface area contributed by atoms with Crippen molar-refractivity contribution in [2.75, 3.05) is 7.11 Å². The molecule has 1 aromatic rings. The largest absolute Gasteiger partial charge is 0.489 e. The van der Waals surface area contributed by atoms with Crippen LogP contribution in [0, 0.1) is 0 Å². The van der Waals surface area contributed by atoms with Crippen molar-refractivity contribution in [3.05, 3.63) is 28.8 Å². The second kappa shape index (κ2) is 4.84. The lowest BCUT2D eigenvalue weighted by atomic mass is 10.2. The number of ether oxygens (including phenoxy) is 1. The van der Waals surface area contributed by atoms with Crippen LogP contribution in [0.15, 0.2) is 18.2 Å². The summed E-state index contributed by atoms with van der Waals surface area (Å²) in [4.78, 5) is 4.77. The molecule has 0 aliphatic heterocycles. The molecule has 1 saturated carbocycles. The van der Waals surface area contributed by atoms with E-state index in [-0.39, 0.29) is 0 Å². The van der Waals surface area contributed by atoms with Crippen LogP contribution in [-0.2, 0) is 11.4 Å². The Bertz CT molecular complexity index is 339. The summed E-state index contributed by atoms with van der Waals surface area (Å²) >= 11 is 6.09. The van der Waals surface area contributed by atoms with E-state index in [2.05, 4.69) is 5.48 Å². The Morgan fingerprint density at radius 2 is 2.27 bits per heavy atom. The smallest absolute Gasteiger partial charge is 0.138 e. The fourth-order valence-electron chi connectivity index (χ4n) is 1.27. The minimum absolute atomic E-state index is 0.380. The molecule has 0 spiro atoms. The third-order valence-corrected chi connectivity index (χ3v) is 2.53. The molecule has 0 atom stereocenters. The van der Waals surface area contributed by atoms with Crippen molar-refractivity contribution in [1.82, 2.24) is 5.48 Å². The Morgan fingerprint density at radius 3 is 2.87 bits per heavy atom. The highest BCUT2D eigenvalue weighted by Crippen LogP contribution is 2.32. The van der Waals surface area contributed by atoms with Gasteiger partial charge in [0.1, 0.15) is 5.75 Å². The molecule has 1 N–H and O–H groups in total. The average Bonchev–Trinajstić information content (AvgIpc) is 3.02. The number of hydroxylamine groups is 1. The fraction of sp³-hybridized carbons (Fsp3) is 0.455. The highest BCUT2D eigenvalue weighted by atomic mass is 35.5.